The van der Waals surface area contributed by atoms with Crippen LogP contribution in [0.1, 0.15) is 31.2 Å². The van der Waals surface area contributed by atoms with E-state index in [1.54, 1.807) is 11.3 Å². The Morgan fingerprint density at radius 1 is 1.26 bits per heavy atom. The molecular weight excluding hydrogens is 449 g/mol. The van der Waals surface area contributed by atoms with Gasteiger partial charge in [-0.05, 0) is 34.3 Å². The van der Waals surface area contributed by atoms with Crippen LogP contribution in [0.2, 0.25) is 5.15 Å². The highest BCUT2D eigenvalue weighted by molar-refractivity contribution is 9.10. The molecule has 2 unspecified atom stereocenters. The molecule has 1 aliphatic rings. The fraction of sp³-hybridized carbons (Fsp3) is 0.350. The molecule has 0 bridgehead atoms. The summed E-state index contributed by atoms with van der Waals surface area (Å²) in [5, 5.41) is 5.95. The van der Waals surface area contributed by atoms with Crippen LogP contribution in [-0.2, 0) is 6.54 Å². The first-order valence-corrected chi connectivity index (χ1v) is 11.0. The van der Waals surface area contributed by atoms with Gasteiger partial charge in [-0.15, -0.1) is 11.3 Å². The number of rotatable bonds is 3. The first-order chi connectivity index (χ1) is 13.0. The molecule has 1 aromatic carbocycles. The topological polar surface area (TPSA) is 50.9 Å². The van der Waals surface area contributed by atoms with Crippen molar-refractivity contribution in [2.24, 2.45) is 5.73 Å². The van der Waals surface area contributed by atoms with Gasteiger partial charge in [-0.2, -0.15) is 0 Å². The highest BCUT2D eigenvalue weighted by Gasteiger charge is 2.19. The maximum atomic E-state index is 12.5. The van der Waals surface area contributed by atoms with Crippen molar-refractivity contribution in [2.45, 2.75) is 44.4 Å². The Labute approximate surface area is 176 Å². The van der Waals surface area contributed by atoms with Crippen molar-refractivity contribution in [3.8, 4) is 0 Å². The van der Waals surface area contributed by atoms with Crippen molar-refractivity contribution in [1.29, 1.82) is 0 Å². The van der Waals surface area contributed by atoms with Crippen LogP contribution >= 0.6 is 38.9 Å². The molecule has 3 N–H and O–H groups in total. The first-order valence-electron chi connectivity index (χ1n) is 8.95. The quantitative estimate of drug-likeness (QED) is 0.427. The highest BCUT2D eigenvalue weighted by Crippen LogP contribution is 2.35. The zero-order valence-corrected chi connectivity index (χ0v) is 18.0. The van der Waals surface area contributed by atoms with Crippen molar-refractivity contribution in [1.82, 2.24) is 4.98 Å². The lowest BCUT2D eigenvalue weighted by Crippen LogP contribution is -2.34. The molecule has 1 saturated carbocycles. The molecule has 7 heteroatoms. The smallest absolute Gasteiger partial charge is 0.131 e. The largest absolute Gasteiger partial charge is 0.380 e. The summed E-state index contributed by atoms with van der Waals surface area (Å²) in [6.07, 6.45) is 2.97. The van der Waals surface area contributed by atoms with Crippen LogP contribution in [0.3, 0.4) is 0 Å². The van der Waals surface area contributed by atoms with Crippen LogP contribution in [0.5, 0.6) is 0 Å². The Morgan fingerprint density at radius 2 is 2.00 bits per heavy atom. The summed E-state index contributed by atoms with van der Waals surface area (Å²) in [7, 11) is 0. The van der Waals surface area contributed by atoms with Crippen LogP contribution in [0.25, 0.3) is 10.2 Å². The zero-order chi connectivity index (χ0) is 19.2. The van der Waals surface area contributed by atoms with Crippen molar-refractivity contribution in [2.75, 3.05) is 5.32 Å². The Morgan fingerprint density at radius 3 is 2.67 bits per heavy atom. The zero-order valence-electron chi connectivity index (χ0n) is 14.8. The molecule has 0 spiro atoms. The number of aromatic nitrogens is 1. The molecule has 0 amide bonds. The Balaban J connectivity index is 0.000000221. The Bertz CT molecular complexity index is 864. The molecule has 4 rings (SSSR count). The lowest BCUT2D eigenvalue weighted by atomic mass is 9.95. The van der Waals surface area contributed by atoms with Gasteiger partial charge in [0.05, 0.1) is 20.4 Å². The van der Waals surface area contributed by atoms with Gasteiger partial charge in [0.1, 0.15) is 11.3 Å². The third kappa shape index (κ3) is 5.64. The molecule has 3 aromatic rings. The second-order valence-corrected chi connectivity index (χ2v) is 8.68. The van der Waals surface area contributed by atoms with E-state index in [1.165, 1.54) is 5.56 Å². The van der Waals surface area contributed by atoms with Gasteiger partial charge >= 0.3 is 0 Å². The van der Waals surface area contributed by atoms with E-state index in [0.717, 1.165) is 46.2 Å². The van der Waals surface area contributed by atoms with Gasteiger partial charge in [0.25, 0.3) is 0 Å². The predicted molar refractivity (Wildman–Crippen MR) is 117 cm³/mol. The molecule has 0 saturated heterocycles. The van der Waals surface area contributed by atoms with Gasteiger partial charge in [0.15, 0.2) is 0 Å². The average Bonchev–Trinajstić information content (AvgIpc) is 3.04. The van der Waals surface area contributed by atoms with Gasteiger partial charge < -0.3 is 11.1 Å². The van der Waals surface area contributed by atoms with Crippen molar-refractivity contribution in [3.05, 3.63) is 57.0 Å². The summed E-state index contributed by atoms with van der Waals surface area (Å²) in [5.74, 6) is 0. The number of benzene rings is 1. The number of thiophene rings is 1. The number of nitrogens with zero attached hydrogens (tertiary/aromatic N) is 1. The van der Waals surface area contributed by atoms with E-state index < -0.39 is 6.17 Å². The number of fused-ring (bicyclic) bond motifs is 1. The summed E-state index contributed by atoms with van der Waals surface area (Å²) in [6, 6.07) is 12.0. The van der Waals surface area contributed by atoms with Crippen molar-refractivity contribution >= 4 is 54.8 Å². The predicted octanol–water partition coefficient (Wildman–Crippen LogP) is 6.55. The highest BCUT2D eigenvalue weighted by atomic mass is 79.9. The minimum atomic E-state index is -0.719. The number of halogens is 3. The van der Waals surface area contributed by atoms with Crippen molar-refractivity contribution < 1.29 is 4.39 Å². The lowest BCUT2D eigenvalue weighted by molar-refractivity contribution is 0.218. The standard InChI is InChI=1S/C14H10BrClN2S.C6H12FN/c15-10-8-19-14-11(6-12(16)18-13(10)14)17-7-9-4-2-1-3-5-9;7-5-3-1-2-4-6(5)8/h1-6,8H,7H2,(H,17,18);5-6H,1-4,8H2. The Hall–Kier alpha value is -1.21. The minimum Gasteiger partial charge on any atom is -0.380 e. The maximum absolute atomic E-state index is 12.5. The van der Waals surface area contributed by atoms with Gasteiger partial charge in [-0.3, -0.25) is 0 Å². The van der Waals surface area contributed by atoms with Gasteiger partial charge in [0.2, 0.25) is 0 Å². The molecule has 2 atom stereocenters. The van der Waals surface area contributed by atoms with Crippen LogP contribution in [0, 0.1) is 0 Å². The summed E-state index contributed by atoms with van der Waals surface area (Å²) in [6.45, 7) is 0.770. The van der Waals surface area contributed by atoms with Crippen LogP contribution in [0.4, 0.5) is 10.1 Å². The fourth-order valence-electron chi connectivity index (χ4n) is 2.99. The number of pyridine rings is 1. The SMILES string of the molecule is Clc1cc(NCc2ccccc2)c2scc(Br)c2n1.NC1CCCCC1F. The summed E-state index contributed by atoms with van der Waals surface area (Å²) in [5.41, 5.74) is 8.57. The minimum absolute atomic E-state index is 0.163. The number of hydrogen-bond donors (Lipinski definition) is 2. The van der Waals surface area contributed by atoms with E-state index in [1.807, 2.05) is 29.6 Å². The van der Waals surface area contributed by atoms with Gasteiger partial charge in [0, 0.05) is 24.0 Å². The van der Waals surface area contributed by atoms with Crippen LogP contribution in [-0.4, -0.2) is 17.2 Å². The molecule has 144 valence electrons. The van der Waals surface area contributed by atoms with E-state index in [4.69, 9.17) is 17.3 Å². The molecule has 27 heavy (non-hydrogen) atoms. The molecule has 0 radical (unpaired) electrons. The van der Waals surface area contributed by atoms with Crippen LogP contribution in [0.15, 0.2) is 46.3 Å². The van der Waals surface area contributed by atoms with E-state index in [-0.39, 0.29) is 6.04 Å². The van der Waals surface area contributed by atoms with Gasteiger partial charge in [-0.25, -0.2) is 9.37 Å². The third-order valence-corrected chi connectivity index (χ3v) is 6.61. The number of nitrogens with two attached hydrogens (primary N) is 1. The monoisotopic (exact) mass is 469 g/mol. The van der Waals surface area contributed by atoms with E-state index in [0.29, 0.717) is 11.6 Å². The number of alkyl halides is 1. The van der Waals surface area contributed by atoms with Gasteiger partial charge in [-0.1, -0.05) is 54.8 Å². The number of anilines is 1. The van der Waals surface area contributed by atoms with E-state index in [9.17, 15) is 4.39 Å². The normalized spacial score (nSPS) is 19.4. The summed E-state index contributed by atoms with van der Waals surface area (Å²) in [4.78, 5) is 4.34. The summed E-state index contributed by atoms with van der Waals surface area (Å²) < 4.78 is 14.6. The third-order valence-electron chi connectivity index (χ3n) is 4.51. The maximum Gasteiger partial charge on any atom is 0.131 e. The molecule has 1 aliphatic carbocycles. The van der Waals surface area contributed by atoms with E-state index >= 15 is 0 Å². The molecule has 0 aliphatic heterocycles. The molecular formula is C20H22BrClFN3S. The Kier molecular flexibility index (Phi) is 7.47. The fourth-order valence-corrected chi connectivity index (χ4v) is 4.74. The lowest BCUT2D eigenvalue weighted by Gasteiger charge is -2.21. The molecule has 2 aromatic heterocycles. The summed E-state index contributed by atoms with van der Waals surface area (Å²) >= 11 is 11.2. The molecule has 2 heterocycles. The number of nitrogens with one attached hydrogen (secondary N) is 1. The average molecular weight is 471 g/mol. The second-order valence-electron chi connectivity index (χ2n) is 6.56. The second kappa shape index (κ2) is 9.82. The van der Waals surface area contributed by atoms with E-state index in [2.05, 4.69) is 38.4 Å². The molecule has 3 nitrogen and oxygen atoms in total. The number of hydrogen-bond acceptors (Lipinski definition) is 4. The van der Waals surface area contributed by atoms with Crippen LogP contribution < -0.4 is 11.1 Å². The van der Waals surface area contributed by atoms with Crippen molar-refractivity contribution in [3.63, 3.8) is 0 Å². The molecule has 1 fully saturated rings. The first kappa shape index (κ1) is 20.5.